The molecule has 0 saturated heterocycles. The van der Waals surface area contributed by atoms with E-state index in [1.165, 1.54) is 12.3 Å². The highest BCUT2D eigenvalue weighted by atomic mass is 16.5. The number of ether oxygens (including phenoxy) is 1. The highest BCUT2D eigenvalue weighted by Gasteiger charge is 2.30. The fourth-order valence-corrected chi connectivity index (χ4v) is 3.07. The number of imide groups is 1. The summed E-state index contributed by atoms with van der Waals surface area (Å²) in [6, 6.07) is 28.3. The summed E-state index contributed by atoms with van der Waals surface area (Å²) < 4.78 is 5.54. The lowest BCUT2D eigenvalue weighted by Crippen LogP contribution is -2.38. The SMILES string of the molecule is O=C(Oc1cccnc1N(C(=O)c1ccccc1)C(=O)c1ccccc1)c1ccccc1. The molecule has 4 rings (SSSR count). The Morgan fingerprint density at radius 1 is 0.594 bits per heavy atom. The summed E-state index contributed by atoms with van der Waals surface area (Å²) >= 11 is 0. The molecule has 0 bridgehead atoms. The van der Waals surface area contributed by atoms with Gasteiger partial charge in [0.05, 0.1) is 5.56 Å². The summed E-state index contributed by atoms with van der Waals surface area (Å²) in [6.07, 6.45) is 1.43. The zero-order chi connectivity index (χ0) is 22.3. The van der Waals surface area contributed by atoms with Crippen molar-refractivity contribution in [1.29, 1.82) is 0 Å². The van der Waals surface area contributed by atoms with Gasteiger partial charge in [0.2, 0.25) is 0 Å². The van der Waals surface area contributed by atoms with E-state index in [1.807, 2.05) is 0 Å². The summed E-state index contributed by atoms with van der Waals surface area (Å²) in [4.78, 5) is 44.6. The Bertz CT molecular complexity index is 1190. The summed E-state index contributed by atoms with van der Waals surface area (Å²) in [7, 11) is 0. The van der Waals surface area contributed by atoms with Gasteiger partial charge in [0.1, 0.15) is 0 Å². The first kappa shape index (κ1) is 20.7. The van der Waals surface area contributed by atoms with Gasteiger partial charge in [0.15, 0.2) is 11.6 Å². The zero-order valence-corrected chi connectivity index (χ0v) is 16.9. The van der Waals surface area contributed by atoms with Crippen molar-refractivity contribution in [1.82, 2.24) is 4.98 Å². The number of benzene rings is 3. The Morgan fingerprint density at radius 3 is 1.56 bits per heavy atom. The average Bonchev–Trinajstić information content (AvgIpc) is 2.86. The fraction of sp³-hybridized carbons (Fsp3) is 0. The van der Waals surface area contributed by atoms with Crippen LogP contribution >= 0.6 is 0 Å². The molecule has 0 atom stereocenters. The summed E-state index contributed by atoms with van der Waals surface area (Å²) in [5.74, 6) is -1.88. The normalized spacial score (nSPS) is 10.2. The van der Waals surface area contributed by atoms with Gasteiger partial charge in [-0.25, -0.2) is 14.7 Å². The minimum absolute atomic E-state index is 0.00471. The Kier molecular flexibility index (Phi) is 6.13. The van der Waals surface area contributed by atoms with Crippen LogP contribution in [0.25, 0.3) is 0 Å². The second kappa shape index (κ2) is 9.49. The van der Waals surface area contributed by atoms with Crippen LogP contribution in [0.2, 0.25) is 0 Å². The number of hydrogen-bond acceptors (Lipinski definition) is 5. The minimum Gasteiger partial charge on any atom is -0.419 e. The number of hydrogen-bond donors (Lipinski definition) is 0. The van der Waals surface area contributed by atoms with Crippen LogP contribution in [0.1, 0.15) is 31.1 Å². The highest BCUT2D eigenvalue weighted by molar-refractivity contribution is 6.25. The molecule has 6 nitrogen and oxygen atoms in total. The molecule has 0 aliphatic heterocycles. The van der Waals surface area contributed by atoms with E-state index in [2.05, 4.69) is 4.98 Å². The lowest BCUT2D eigenvalue weighted by atomic mass is 10.1. The van der Waals surface area contributed by atoms with Crippen molar-refractivity contribution in [2.45, 2.75) is 0 Å². The van der Waals surface area contributed by atoms with Crippen LogP contribution in [0, 0.1) is 0 Å². The molecule has 0 fully saturated rings. The molecule has 2 amide bonds. The number of esters is 1. The fourth-order valence-electron chi connectivity index (χ4n) is 3.07. The Morgan fingerprint density at radius 2 is 1.06 bits per heavy atom. The average molecular weight is 422 g/mol. The van der Waals surface area contributed by atoms with Crippen LogP contribution in [0.3, 0.4) is 0 Å². The van der Waals surface area contributed by atoms with Gasteiger partial charge in [-0.3, -0.25) is 9.59 Å². The largest absolute Gasteiger partial charge is 0.419 e. The molecule has 0 saturated carbocycles. The van der Waals surface area contributed by atoms with Gasteiger partial charge in [0.25, 0.3) is 11.8 Å². The summed E-state index contributed by atoms with van der Waals surface area (Å²) in [6.45, 7) is 0. The van der Waals surface area contributed by atoms with Crippen LogP contribution in [-0.4, -0.2) is 22.8 Å². The first-order valence-corrected chi connectivity index (χ1v) is 9.86. The van der Waals surface area contributed by atoms with Crippen LogP contribution < -0.4 is 9.64 Å². The first-order valence-electron chi connectivity index (χ1n) is 9.86. The van der Waals surface area contributed by atoms with Gasteiger partial charge in [0, 0.05) is 17.3 Å². The number of pyridine rings is 1. The van der Waals surface area contributed by atoms with Crippen molar-refractivity contribution >= 4 is 23.6 Å². The van der Waals surface area contributed by atoms with E-state index in [1.54, 1.807) is 97.1 Å². The Labute approximate surface area is 184 Å². The summed E-state index contributed by atoms with van der Waals surface area (Å²) in [5, 5.41) is 0. The van der Waals surface area contributed by atoms with E-state index in [4.69, 9.17) is 4.74 Å². The van der Waals surface area contributed by atoms with Gasteiger partial charge in [-0.05, 0) is 48.5 Å². The van der Waals surface area contributed by atoms with Gasteiger partial charge < -0.3 is 4.74 Å². The number of nitrogens with zero attached hydrogens (tertiary/aromatic N) is 2. The minimum atomic E-state index is -0.626. The van der Waals surface area contributed by atoms with E-state index < -0.39 is 17.8 Å². The van der Waals surface area contributed by atoms with E-state index in [0.717, 1.165) is 4.90 Å². The molecule has 3 aromatic carbocycles. The third-order valence-electron chi connectivity index (χ3n) is 4.62. The topological polar surface area (TPSA) is 76.6 Å². The maximum atomic E-state index is 13.4. The van der Waals surface area contributed by atoms with Gasteiger partial charge in [-0.1, -0.05) is 54.6 Å². The molecule has 0 unspecified atom stereocenters. The van der Waals surface area contributed by atoms with Crippen molar-refractivity contribution in [2.24, 2.45) is 0 Å². The molecule has 6 heteroatoms. The molecule has 0 aliphatic carbocycles. The summed E-state index contributed by atoms with van der Waals surface area (Å²) in [5.41, 5.74) is 0.920. The molecular formula is C26H18N2O4. The molecule has 0 radical (unpaired) electrons. The molecule has 156 valence electrons. The number of amides is 2. The van der Waals surface area contributed by atoms with Crippen molar-refractivity contribution in [2.75, 3.05) is 4.90 Å². The lowest BCUT2D eigenvalue weighted by molar-refractivity contribution is 0.0730. The quantitative estimate of drug-likeness (QED) is 0.341. The van der Waals surface area contributed by atoms with E-state index >= 15 is 0 Å². The maximum Gasteiger partial charge on any atom is 0.343 e. The van der Waals surface area contributed by atoms with E-state index in [-0.39, 0.29) is 11.6 Å². The molecular weight excluding hydrogens is 404 g/mol. The Hall–Kier alpha value is -4.58. The van der Waals surface area contributed by atoms with Crippen molar-refractivity contribution in [3.63, 3.8) is 0 Å². The molecule has 1 heterocycles. The smallest absolute Gasteiger partial charge is 0.343 e. The highest BCUT2D eigenvalue weighted by Crippen LogP contribution is 2.29. The standard InChI is InChI=1S/C26H18N2O4/c29-24(19-11-4-1-5-12-19)28(25(30)20-13-6-2-7-14-20)23-22(17-10-18-27-23)32-26(31)21-15-8-3-9-16-21/h1-18H. The van der Waals surface area contributed by atoms with Gasteiger partial charge in [-0.15, -0.1) is 0 Å². The van der Waals surface area contributed by atoms with Crippen LogP contribution in [0.4, 0.5) is 5.82 Å². The molecule has 0 spiro atoms. The molecule has 1 aromatic heterocycles. The molecule has 4 aromatic rings. The zero-order valence-electron chi connectivity index (χ0n) is 16.9. The third-order valence-corrected chi connectivity index (χ3v) is 4.62. The van der Waals surface area contributed by atoms with Crippen molar-refractivity contribution in [3.05, 3.63) is 126 Å². The number of aromatic nitrogens is 1. The first-order chi connectivity index (χ1) is 15.6. The van der Waals surface area contributed by atoms with Gasteiger partial charge >= 0.3 is 5.97 Å². The monoisotopic (exact) mass is 422 g/mol. The maximum absolute atomic E-state index is 13.4. The number of anilines is 1. The van der Waals surface area contributed by atoms with Crippen LogP contribution in [-0.2, 0) is 0 Å². The second-order valence-electron chi connectivity index (χ2n) is 6.76. The second-order valence-corrected chi connectivity index (χ2v) is 6.76. The molecule has 0 aliphatic rings. The predicted octanol–water partition coefficient (Wildman–Crippen LogP) is 4.79. The van der Waals surface area contributed by atoms with Crippen molar-refractivity contribution in [3.8, 4) is 5.75 Å². The van der Waals surface area contributed by atoms with Crippen molar-refractivity contribution < 1.29 is 19.1 Å². The molecule has 32 heavy (non-hydrogen) atoms. The van der Waals surface area contributed by atoms with Crippen LogP contribution in [0.5, 0.6) is 5.75 Å². The van der Waals surface area contributed by atoms with E-state index in [0.29, 0.717) is 16.7 Å². The Balaban J connectivity index is 1.77. The number of carbonyl (C=O) groups excluding carboxylic acids is 3. The predicted molar refractivity (Wildman–Crippen MR) is 120 cm³/mol. The third kappa shape index (κ3) is 4.44. The lowest BCUT2D eigenvalue weighted by Gasteiger charge is -2.22. The van der Waals surface area contributed by atoms with E-state index in [9.17, 15) is 14.4 Å². The van der Waals surface area contributed by atoms with Gasteiger partial charge in [-0.2, -0.15) is 0 Å². The van der Waals surface area contributed by atoms with Crippen LogP contribution in [0.15, 0.2) is 109 Å². The number of rotatable bonds is 5. The number of carbonyl (C=O) groups is 3. The molecule has 0 N–H and O–H groups in total.